The molecule has 7 heteroatoms. The van der Waals surface area contributed by atoms with Gasteiger partial charge in [0.25, 0.3) is 0 Å². The van der Waals surface area contributed by atoms with Crippen LogP contribution in [0.4, 0.5) is 4.79 Å². The van der Waals surface area contributed by atoms with Crippen LogP contribution in [0.25, 0.3) is 0 Å². The summed E-state index contributed by atoms with van der Waals surface area (Å²) in [6, 6.07) is 0. The smallest absolute Gasteiger partial charge is 0.417 e. The van der Waals surface area contributed by atoms with Crippen LogP contribution in [-0.4, -0.2) is 35.0 Å². The number of ether oxygens (including phenoxy) is 1. The molecule has 7 nitrogen and oxygen atoms in total. The standard InChI is InChI=1S/C11H19N3O4/c1-10(2,3)18-9(17)14-6-5-11(4,8(14)16)7(15)13-12/h5-6,12H2,1-4H3,(H,13,15). The third-order valence-electron chi connectivity index (χ3n) is 2.80. The lowest BCUT2D eigenvalue weighted by atomic mass is 9.88. The maximum atomic E-state index is 12.1. The van der Waals surface area contributed by atoms with Crippen LogP contribution in [0.5, 0.6) is 0 Å². The molecular formula is C11H19N3O4. The van der Waals surface area contributed by atoms with E-state index in [2.05, 4.69) is 0 Å². The van der Waals surface area contributed by atoms with Crippen LogP contribution >= 0.6 is 0 Å². The molecule has 3 amide bonds. The van der Waals surface area contributed by atoms with Gasteiger partial charge in [-0.05, 0) is 34.1 Å². The molecule has 0 aromatic carbocycles. The lowest BCUT2D eigenvalue weighted by Gasteiger charge is -2.24. The average molecular weight is 257 g/mol. The molecule has 0 radical (unpaired) electrons. The van der Waals surface area contributed by atoms with Gasteiger partial charge < -0.3 is 4.74 Å². The number of hydrogen-bond donors (Lipinski definition) is 2. The Morgan fingerprint density at radius 1 is 1.44 bits per heavy atom. The van der Waals surface area contributed by atoms with Gasteiger partial charge in [0.1, 0.15) is 11.0 Å². The van der Waals surface area contributed by atoms with Gasteiger partial charge in [0.05, 0.1) is 0 Å². The van der Waals surface area contributed by atoms with Crippen molar-refractivity contribution in [3.8, 4) is 0 Å². The average Bonchev–Trinajstić information content (AvgIpc) is 2.53. The molecule has 0 bridgehead atoms. The number of nitrogens with two attached hydrogens (primary N) is 1. The molecule has 0 aromatic heterocycles. The van der Waals surface area contributed by atoms with Crippen molar-refractivity contribution in [2.24, 2.45) is 11.3 Å². The monoisotopic (exact) mass is 257 g/mol. The van der Waals surface area contributed by atoms with Gasteiger partial charge in [0.15, 0.2) is 0 Å². The fourth-order valence-corrected chi connectivity index (χ4v) is 1.70. The van der Waals surface area contributed by atoms with Crippen molar-refractivity contribution in [2.75, 3.05) is 6.54 Å². The first-order chi connectivity index (χ1) is 8.12. The second kappa shape index (κ2) is 4.56. The van der Waals surface area contributed by atoms with Crippen LogP contribution in [0.3, 0.4) is 0 Å². The van der Waals surface area contributed by atoms with Crippen molar-refractivity contribution in [3.63, 3.8) is 0 Å². The molecule has 1 fully saturated rings. The van der Waals surface area contributed by atoms with E-state index in [1.165, 1.54) is 6.92 Å². The normalized spacial score (nSPS) is 24.1. The molecule has 0 aliphatic carbocycles. The minimum Gasteiger partial charge on any atom is -0.443 e. The van der Waals surface area contributed by atoms with Crippen molar-refractivity contribution in [3.05, 3.63) is 0 Å². The lowest BCUT2D eigenvalue weighted by molar-refractivity contribution is -0.143. The van der Waals surface area contributed by atoms with E-state index in [4.69, 9.17) is 10.6 Å². The highest BCUT2D eigenvalue weighted by Crippen LogP contribution is 2.32. The van der Waals surface area contributed by atoms with Gasteiger partial charge in [-0.1, -0.05) is 0 Å². The van der Waals surface area contributed by atoms with Crippen LogP contribution in [0, 0.1) is 5.41 Å². The number of carbonyl (C=O) groups excluding carboxylic acids is 3. The molecule has 1 atom stereocenters. The predicted molar refractivity (Wildman–Crippen MR) is 63.0 cm³/mol. The van der Waals surface area contributed by atoms with Crippen molar-refractivity contribution >= 4 is 17.9 Å². The zero-order chi connectivity index (χ0) is 14.1. The maximum Gasteiger partial charge on any atom is 0.417 e. The number of hydrogen-bond acceptors (Lipinski definition) is 5. The largest absolute Gasteiger partial charge is 0.443 e. The van der Waals surface area contributed by atoms with Crippen molar-refractivity contribution in [2.45, 2.75) is 39.7 Å². The number of nitrogens with zero attached hydrogens (tertiary/aromatic N) is 1. The fourth-order valence-electron chi connectivity index (χ4n) is 1.70. The van der Waals surface area contributed by atoms with E-state index in [1.54, 1.807) is 20.8 Å². The first-order valence-corrected chi connectivity index (χ1v) is 5.68. The zero-order valence-corrected chi connectivity index (χ0v) is 11.1. The summed E-state index contributed by atoms with van der Waals surface area (Å²) in [6.45, 7) is 6.73. The zero-order valence-electron chi connectivity index (χ0n) is 11.1. The Balaban J connectivity index is 2.83. The Labute approximate surface area is 106 Å². The van der Waals surface area contributed by atoms with E-state index >= 15 is 0 Å². The third kappa shape index (κ3) is 2.61. The minimum atomic E-state index is -1.30. The van der Waals surface area contributed by atoms with Gasteiger partial charge in [-0.15, -0.1) is 0 Å². The van der Waals surface area contributed by atoms with Crippen molar-refractivity contribution < 1.29 is 19.1 Å². The summed E-state index contributed by atoms with van der Waals surface area (Å²) in [5.41, 5.74) is -0.0410. The van der Waals surface area contributed by atoms with Crippen LogP contribution in [0.2, 0.25) is 0 Å². The Morgan fingerprint density at radius 3 is 2.44 bits per heavy atom. The highest BCUT2D eigenvalue weighted by molar-refractivity contribution is 6.10. The topological polar surface area (TPSA) is 102 Å². The lowest BCUT2D eigenvalue weighted by Crippen LogP contribution is -2.48. The molecule has 102 valence electrons. The third-order valence-corrected chi connectivity index (χ3v) is 2.80. The number of carbonyl (C=O) groups is 3. The predicted octanol–water partition coefficient (Wildman–Crippen LogP) is 0.150. The van der Waals surface area contributed by atoms with E-state index in [9.17, 15) is 14.4 Å². The molecule has 1 aliphatic heterocycles. The number of nitrogens with one attached hydrogen (secondary N) is 1. The Hall–Kier alpha value is -1.63. The molecule has 1 heterocycles. The minimum absolute atomic E-state index is 0.150. The molecule has 0 saturated carbocycles. The van der Waals surface area contributed by atoms with Crippen molar-refractivity contribution in [1.82, 2.24) is 10.3 Å². The second-order valence-corrected chi connectivity index (χ2v) is 5.49. The van der Waals surface area contributed by atoms with Gasteiger partial charge >= 0.3 is 6.09 Å². The summed E-state index contributed by atoms with van der Waals surface area (Å²) in [5, 5.41) is 0. The summed E-state index contributed by atoms with van der Waals surface area (Å²) >= 11 is 0. The molecule has 3 N–H and O–H groups in total. The SMILES string of the molecule is CC(C)(C)OC(=O)N1CCC(C)(C(=O)NN)C1=O. The fraction of sp³-hybridized carbons (Fsp3) is 0.727. The maximum absolute atomic E-state index is 12.1. The van der Waals surface area contributed by atoms with Crippen LogP contribution in [0.15, 0.2) is 0 Å². The molecule has 1 unspecified atom stereocenters. The Kier molecular flexibility index (Phi) is 3.66. The summed E-state index contributed by atoms with van der Waals surface area (Å²) in [4.78, 5) is 36.4. The quantitative estimate of drug-likeness (QED) is 0.301. The number of amides is 3. The summed E-state index contributed by atoms with van der Waals surface area (Å²) in [6.07, 6.45) is -0.505. The molecule has 0 spiro atoms. The Morgan fingerprint density at radius 2 is 2.00 bits per heavy atom. The van der Waals surface area contributed by atoms with Crippen LogP contribution in [0.1, 0.15) is 34.1 Å². The number of likely N-dealkylation sites (tertiary alicyclic amines) is 1. The van der Waals surface area contributed by atoms with E-state index in [0.717, 1.165) is 4.90 Å². The van der Waals surface area contributed by atoms with Crippen molar-refractivity contribution in [1.29, 1.82) is 0 Å². The number of hydrazine groups is 1. The van der Waals surface area contributed by atoms with Gasteiger partial charge in [0.2, 0.25) is 11.8 Å². The first kappa shape index (κ1) is 14.4. The molecular weight excluding hydrogens is 238 g/mol. The summed E-state index contributed by atoms with van der Waals surface area (Å²) in [7, 11) is 0. The Bertz CT molecular complexity index is 388. The first-order valence-electron chi connectivity index (χ1n) is 5.68. The van der Waals surface area contributed by atoms with E-state index < -0.39 is 28.9 Å². The molecule has 18 heavy (non-hydrogen) atoms. The molecule has 1 saturated heterocycles. The van der Waals surface area contributed by atoms with Gasteiger partial charge in [-0.3, -0.25) is 15.0 Å². The van der Waals surface area contributed by atoms with E-state index in [1.807, 2.05) is 5.43 Å². The highest BCUT2D eigenvalue weighted by Gasteiger charge is 2.51. The van der Waals surface area contributed by atoms with Crippen LogP contribution < -0.4 is 11.3 Å². The highest BCUT2D eigenvalue weighted by atomic mass is 16.6. The van der Waals surface area contributed by atoms with Gasteiger partial charge in [-0.2, -0.15) is 0 Å². The summed E-state index contributed by atoms with van der Waals surface area (Å²) < 4.78 is 5.10. The molecule has 1 rings (SSSR count). The molecule has 1 aliphatic rings. The number of imide groups is 1. The number of rotatable bonds is 1. The van der Waals surface area contributed by atoms with Crippen LogP contribution in [-0.2, 0) is 14.3 Å². The van der Waals surface area contributed by atoms with E-state index in [0.29, 0.717) is 0 Å². The molecule has 0 aromatic rings. The second-order valence-electron chi connectivity index (χ2n) is 5.49. The van der Waals surface area contributed by atoms with Gasteiger partial charge in [0, 0.05) is 6.54 Å². The van der Waals surface area contributed by atoms with E-state index in [-0.39, 0.29) is 13.0 Å². The van der Waals surface area contributed by atoms with Gasteiger partial charge in [-0.25, -0.2) is 15.5 Å². The summed E-state index contributed by atoms with van der Waals surface area (Å²) in [5.74, 6) is 3.85.